The van der Waals surface area contributed by atoms with Crippen LogP contribution in [0.3, 0.4) is 0 Å². The van der Waals surface area contributed by atoms with Gasteiger partial charge in [-0.15, -0.1) is 0 Å². The van der Waals surface area contributed by atoms with Crippen molar-refractivity contribution in [2.75, 3.05) is 25.1 Å². The van der Waals surface area contributed by atoms with Gasteiger partial charge in [0, 0.05) is 25.3 Å². The first-order chi connectivity index (χ1) is 9.04. The van der Waals surface area contributed by atoms with Crippen LogP contribution in [0.4, 0.5) is 5.69 Å². The second kappa shape index (κ2) is 5.61. The molecule has 4 heteroatoms. The van der Waals surface area contributed by atoms with E-state index in [0.717, 1.165) is 24.2 Å². The number of amides is 1. The summed E-state index contributed by atoms with van der Waals surface area (Å²) in [6, 6.07) is 7.81. The number of anilines is 1. The fourth-order valence-electron chi connectivity index (χ4n) is 2.55. The maximum absolute atomic E-state index is 12.4. The monoisotopic (exact) mass is 262 g/mol. The standard InChI is InChI=1S/C15H22N2O2/c1-11-5-4-6-13(9-11)17-8-7-12(2)16(3)15(19)14(17)10-18/h4-6,9,12,14,18H,7-8,10H2,1-3H3. The van der Waals surface area contributed by atoms with E-state index in [4.69, 9.17) is 0 Å². The van der Waals surface area contributed by atoms with E-state index in [9.17, 15) is 9.90 Å². The van der Waals surface area contributed by atoms with Crippen molar-refractivity contribution in [3.05, 3.63) is 29.8 Å². The van der Waals surface area contributed by atoms with Crippen molar-refractivity contribution in [1.29, 1.82) is 0 Å². The van der Waals surface area contributed by atoms with Gasteiger partial charge < -0.3 is 14.9 Å². The zero-order valence-corrected chi connectivity index (χ0v) is 11.8. The summed E-state index contributed by atoms with van der Waals surface area (Å²) in [6.07, 6.45) is 0.909. The Morgan fingerprint density at radius 3 is 2.79 bits per heavy atom. The Labute approximate surface area is 114 Å². The molecule has 1 N–H and O–H groups in total. The van der Waals surface area contributed by atoms with Gasteiger partial charge in [-0.2, -0.15) is 0 Å². The van der Waals surface area contributed by atoms with Crippen LogP contribution in [0.1, 0.15) is 18.9 Å². The first kappa shape index (κ1) is 13.9. The van der Waals surface area contributed by atoms with E-state index in [1.54, 1.807) is 4.90 Å². The molecular weight excluding hydrogens is 240 g/mol. The van der Waals surface area contributed by atoms with Gasteiger partial charge in [0.05, 0.1) is 6.61 Å². The molecule has 1 fully saturated rings. The van der Waals surface area contributed by atoms with Crippen LogP contribution in [0.25, 0.3) is 0 Å². The first-order valence-electron chi connectivity index (χ1n) is 6.75. The van der Waals surface area contributed by atoms with Gasteiger partial charge in [-0.25, -0.2) is 0 Å². The molecule has 1 aromatic carbocycles. The number of aryl methyl sites for hydroxylation is 1. The molecule has 0 bridgehead atoms. The molecule has 1 amide bonds. The van der Waals surface area contributed by atoms with Crippen LogP contribution in [0, 0.1) is 6.92 Å². The molecule has 2 rings (SSSR count). The highest BCUT2D eigenvalue weighted by atomic mass is 16.3. The molecule has 0 aromatic heterocycles. The lowest BCUT2D eigenvalue weighted by molar-refractivity contribution is -0.133. The van der Waals surface area contributed by atoms with E-state index in [1.807, 2.05) is 44.0 Å². The second-order valence-electron chi connectivity index (χ2n) is 5.32. The van der Waals surface area contributed by atoms with Crippen LogP contribution in [0.15, 0.2) is 24.3 Å². The third-order valence-electron chi connectivity index (χ3n) is 3.96. The molecule has 104 valence electrons. The maximum Gasteiger partial charge on any atom is 0.247 e. The van der Waals surface area contributed by atoms with Crippen LogP contribution in [0.2, 0.25) is 0 Å². The second-order valence-corrected chi connectivity index (χ2v) is 5.32. The highest BCUT2D eigenvalue weighted by molar-refractivity contribution is 5.86. The SMILES string of the molecule is Cc1cccc(N2CCC(C)N(C)C(=O)C2CO)c1. The van der Waals surface area contributed by atoms with Crippen LogP contribution in [-0.2, 0) is 4.79 Å². The molecule has 19 heavy (non-hydrogen) atoms. The lowest BCUT2D eigenvalue weighted by Gasteiger charge is -2.30. The summed E-state index contributed by atoms with van der Waals surface area (Å²) < 4.78 is 0. The molecule has 1 aliphatic heterocycles. The van der Waals surface area contributed by atoms with Gasteiger partial charge in [-0.1, -0.05) is 12.1 Å². The van der Waals surface area contributed by atoms with E-state index in [1.165, 1.54) is 0 Å². The number of likely N-dealkylation sites (N-methyl/N-ethyl adjacent to an activating group) is 1. The molecule has 0 saturated carbocycles. The van der Waals surface area contributed by atoms with Crippen LogP contribution >= 0.6 is 0 Å². The van der Waals surface area contributed by atoms with Crippen LogP contribution < -0.4 is 4.90 Å². The molecule has 2 atom stereocenters. The Bertz CT molecular complexity index is 461. The number of carbonyl (C=O) groups is 1. The lowest BCUT2D eigenvalue weighted by atomic mass is 10.1. The van der Waals surface area contributed by atoms with Crippen molar-refractivity contribution in [3.63, 3.8) is 0 Å². The number of rotatable bonds is 2. The fourth-order valence-corrected chi connectivity index (χ4v) is 2.55. The number of hydrogen-bond donors (Lipinski definition) is 1. The van der Waals surface area contributed by atoms with E-state index in [0.29, 0.717) is 0 Å². The molecule has 0 spiro atoms. The van der Waals surface area contributed by atoms with Crippen LogP contribution in [0.5, 0.6) is 0 Å². The molecular formula is C15H22N2O2. The summed E-state index contributed by atoms with van der Waals surface area (Å²) in [4.78, 5) is 16.1. The molecule has 0 radical (unpaired) electrons. The van der Waals surface area contributed by atoms with Crippen molar-refractivity contribution in [1.82, 2.24) is 4.90 Å². The summed E-state index contributed by atoms with van der Waals surface area (Å²) in [5.41, 5.74) is 2.17. The minimum Gasteiger partial charge on any atom is -0.394 e. The first-order valence-corrected chi connectivity index (χ1v) is 6.75. The van der Waals surface area contributed by atoms with Gasteiger partial charge in [-0.3, -0.25) is 4.79 Å². The Kier molecular flexibility index (Phi) is 4.10. The predicted octanol–water partition coefficient (Wildman–Crippen LogP) is 1.41. The molecule has 0 aliphatic carbocycles. The Hall–Kier alpha value is -1.55. The van der Waals surface area contributed by atoms with Gasteiger partial charge in [0.2, 0.25) is 5.91 Å². The van der Waals surface area contributed by atoms with Crippen molar-refractivity contribution >= 4 is 11.6 Å². The highest BCUT2D eigenvalue weighted by Crippen LogP contribution is 2.23. The van der Waals surface area contributed by atoms with Crippen molar-refractivity contribution in [2.24, 2.45) is 0 Å². The van der Waals surface area contributed by atoms with E-state index < -0.39 is 6.04 Å². The van der Waals surface area contributed by atoms with Gasteiger partial charge in [-0.05, 0) is 38.0 Å². The molecule has 1 heterocycles. The Balaban J connectivity index is 2.35. The number of hydrogen-bond acceptors (Lipinski definition) is 3. The quantitative estimate of drug-likeness (QED) is 0.876. The number of aliphatic hydroxyl groups excluding tert-OH is 1. The number of nitrogens with zero attached hydrogens (tertiary/aromatic N) is 2. The Morgan fingerprint density at radius 1 is 1.42 bits per heavy atom. The maximum atomic E-state index is 12.4. The summed E-state index contributed by atoms with van der Waals surface area (Å²) in [7, 11) is 1.81. The van der Waals surface area contributed by atoms with E-state index in [2.05, 4.69) is 6.07 Å². The molecule has 1 aromatic rings. The van der Waals surface area contributed by atoms with Gasteiger partial charge in [0.1, 0.15) is 6.04 Å². The minimum absolute atomic E-state index is 0.00555. The number of carbonyl (C=O) groups excluding carboxylic acids is 1. The smallest absolute Gasteiger partial charge is 0.247 e. The summed E-state index contributed by atoms with van der Waals surface area (Å²) in [5.74, 6) is -0.00555. The zero-order chi connectivity index (χ0) is 14.0. The topological polar surface area (TPSA) is 43.8 Å². The average molecular weight is 262 g/mol. The largest absolute Gasteiger partial charge is 0.394 e. The summed E-state index contributed by atoms with van der Waals surface area (Å²) >= 11 is 0. The summed E-state index contributed by atoms with van der Waals surface area (Å²) in [6.45, 7) is 4.72. The Morgan fingerprint density at radius 2 is 2.16 bits per heavy atom. The van der Waals surface area contributed by atoms with Gasteiger partial charge in [0.25, 0.3) is 0 Å². The third-order valence-corrected chi connectivity index (χ3v) is 3.96. The number of benzene rings is 1. The van der Waals surface area contributed by atoms with Crippen molar-refractivity contribution < 1.29 is 9.90 Å². The molecule has 2 unspecified atom stereocenters. The fraction of sp³-hybridized carbons (Fsp3) is 0.533. The van der Waals surface area contributed by atoms with E-state index >= 15 is 0 Å². The average Bonchev–Trinajstić information content (AvgIpc) is 2.50. The molecule has 1 aliphatic rings. The predicted molar refractivity (Wildman–Crippen MR) is 76.2 cm³/mol. The lowest BCUT2D eigenvalue weighted by Crippen LogP contribution is -2.48. The van der Waals surface area contributed by atoms with Crippen molar-refractivity contribution in [2.45, 2.75) is 32.4 Å². The normalized spacial score (nSPS) is 24.5. The van der Waals surface area contributed by atoms with Crippen LogP contribution in [-0.4, -0.2) is 48.2 Å². The number of aliphatic hydroxyl groups is 1. The van der Waals surface area contributed by atoms with E-state index in [-0.39, 0.29) is 18.6 Å². The minimum atomic E-state index is -0.475. The third kappa shape index (κ3) is 2.73. The van der Waals surface area contributed by atoms with Gasteiger partial charge >= 0.3 is 0 Å². The van der Waals surface area contributed by atoms with Gasteiger partial charge in [0.15, 0.2) is 0 Å². The highest BCUT2D eigenvalue weighted by Gasteiger charge is 2.33. The molecule has 1 saturated heterocycles. The molecule has 4 nitrogen and oxygen atoms in total. The van der Waals surface area contributed by atoms with Crippen molar-refractivity contribution in [3.8, 4) is 0 Å². The summed E-state index contributed by atoms with van der Waals surface area (Å²) in [5, 5.41) is 9.60. The zero-order valence-electron chi connectivity index (χ0n) is 11.8.